The minimum atomic E-state index is -0.413. The highest BCUT2D eigenvalue weighted by Crippen LogP contribution is 2.17. The molecule has 10 heteroatoms. The lowest BCUT2D eigenvalue weighted by Gasteiger charge is -2.05. The summed E-state index contributed by atoms with van der Waals surface area (Å²) in [6.07, 6.45) is 4.49. The summed E-state index contributed by atoms with van der Waals surface area (Å²) >= 11 is 5.93. The molecule has 0 saturated carbocycles. The molecular formula is C20H13ClFN7O. The number of rotatable bonds is 4. The van der Waals surface area contributed by atoms with Crippen LogP contribution < -0.4 is 5.56 Å². The molecule has 0 radical (unpaired) electrons. The summed E-state index contributed by atoms with van der Waals surface area (Å²) in [7, 11) is 0. The third-order valence-corrected chi connectivity index (χ3v) is 4.85. The Hall–Kier alpha value is -3.85. The molecule has 3 aromatic heterocycles. The van der Waals surface area contributed by atoms with Crippen molar-refractivity contribution in [3.05, 3.63) is 94.1 Å². The average Bonchev–Trinajstić information content (AvgIpc) is 3.39. The molecule has 0 spiro atoms. The van der Waals surface area contributed by atoms with Crippen LogP contribution in [0.3, 0.4) is 0 Å². The summed E-state index contributed by atoms with van der Waals surface area (Å²) in [6, 6.07) is 13.3. The van der Waals surface area contributed by atoms with Gasteiger partial charge < -0.3 is 0 Å². The van der Waals surface area contributed by atoms with Crippen LogP contribution in [-0.2, 0) is 6.54 Å². The second kappa shape index (κ2) is 7.20. The van der Waals surface area contributed by atoms with Gasteiger partial charge in [0, 0.05) is 5.02 Å². The lowest BCUT2D eigenvalue weighted by molar-refractivity contribution is 0.607. The Balaban J connectivity index is 1.48. The number of para-hydroxylation sites is 1. The SMILES string of the molecule is O=c1c2cnn(-c3ccc(Cl)cc3)c2ncn1Cc1cn(-c2ccccc2F)nn1. The largest absolute Gasteiger partial charge is 0.292 e. The van der Waals surface area contributed by atoms with E-state index in [1.54, 1.807) is 53.3 Å². The van der Waals surface area contributed by atoms with Crippen molar-refractivity contribution in [2.45, 2.75) is 6.54 Å². The van der Waals surface area contributed by atoms with E-state index in [9.17, 15) is 9.18 Å². The first-order valence-corrected chi connectivity index (χ1v) is 9.33. The lowest BCUT2D eigenvalue weighted by atomic mass is 10.3. The third-order valence-electron chi connectivity index (χ3n) is 4.60. The van der Waals surface area contributed by atoms with E-state index in [0.717, 1.165) is 5.69 Å². The third kappa shape index (κ3) is 3.15. The van der Waals surface area contributed by atoms with Gasteiger partial charge >= 0.3 is 0 Å². The molecule has 8 nitrogen and oxygen atoms in total. The van der Waals surface area contributed by atoms with Crippen molar-refractivity contribution in [2.75, 3.05) is 0 Å². The van der Waals surface area contributed by atoms with E-state index in [2.05, 4.69) is 20.4 Å². The first kappa shape index (κ1) is 18.2. The van der Waals surface area contributed by atoms with Gasteiger partial charge in [0.2, 0.25) is 0 Å². The fraction of sp³-hybridized carbons (Fsp3) is 0.0500. The van der Waals surface area contributed by atoms with Crippen LogP contribution in [0.15, 0.2) is 72.0 Å². The first-order chi connectivity index (χ1) is 14.6. The van der Waals surface area contributed by atoms with E-state index in [-0.39, 0.29) is 17.8 Å². The smallest absolute Gasteiger partial charge is 0.264 e. The Bertz CT molecular complexity index is 1420. The molecule has 0 aliphatic heterocycles. The summed E-state index contributed by atoms with van der Waals surface area (Å²) in [5, 5.41) is 13.2. The Kier molecular flexibility index (Phi) is 4.36. The van der Waals surface area contributed by atoms with Gasteiger partial charge in [0.05, 0.1) is 24.6 Å². The monoisotopic (exact) mass is 421 g/mol. The van der Waals surface area contributed by atoms with Crippen molar-refractivity contribution in [3.8, 4) is 11.4 Å². The molecule has 5 rings (SSSR count). The van der Waals surface area contributed by atoms with Gasteiger partial charge in [0.25, 0.3) is 5.56 Å². The highest BCUT2D eigenvalue weighted by atomic mass is 35.5. The number of fused-ring (bicyclic) bond motifs is 1. The molecule has 2 aromatic carbocycles. The normalized spacial score (nSPS) is 11.3. The molecule has 0 N–H and O–H groups in total. The van der Waals surface area contributed by atoms with Crippen molar-refractivity contribution in [1.82, 2.24) is 34.3 Å². The predicted octanol–water partition coefficient (Wildman–Crippen LogP) is 3.00. The van der Waals surface area contributed by atoms with E-state index in [1.165, 1.54) is 27.8 Å². The van der Waals surface area contributed by atoms with Gasteiger partial charge in [-0.25, -0.2) is 18.7 Å². The average molecular weight is 422 g/mol. The number of nitrogens with zero attached hydrogens (tertiary/aromatic N) is 7. The number of aromatic nitrogens is 7. The molecule has 0 unspecified atom stereocenters. The summed E-state index contributed by atoms with van der Waals surface area (Å²) in [5.74, 6) is -0.413. The minimum absolute atomic E-state index is 0.141. The van der Waals surface area contributed by atoms with Crippen LogP contribution in [0.5, 0.6) is 0 Å². The van der Waals surface area contributed by atoms with Crippen molar-refractivity contribution < 1.29 is 4.39 Å². The Morgan fingerprint density at radius 3 is 2.67 bits per heavy atom. The maximum absolute atomic E-state index is 13.9. The standard InChI is InChI=1S/C20H13ClFN7O/c21-13-5-7-15(8-6-13)29-19-16(9-24-29)20(30)27(12-23-19)10-14-11-28(26-25-14)18-4-2-1-3-17(18)22/h1-9,11-12H,10H2. The summed E-state index contributed by atoms with van der Waals surface area (Å²) in [6.45, 7) is 0.141. The zero-order valence-electron chi connectivity index (χ0n) is 15.4. The van der Waals surface area contributed by atoms with Gasteiger partial charge in [0.1, 0.15) is 28.9 Å². The molecule has 0 bridgehead atoms. The lowest BCUT2D eigenvalue weighted by Crippen LogP contribution is -2.21. The van der Waals surface area contributed by atoms with Gasteiger partial charge in [-0.1, -0.05) is 28.9 Å². The van der Waals surface area contributed by atoms with Crippen LogP contribution in [0.1, 0.15) is 5.69 Å². The fourth-order valence-corrected chi connectivity index (χ4v) is 3.26. The van der Waals surface area contributed by atoms with Crippen molar-refractivity contribution in [1.29, 1.82) is 0 Å². The molecule has 0 fully saturated rings. The Morgan fingerprint density at radius 1 is 1.07 bits per heavy atom. The maximum atomic E-state index is 13.9. The van der Waals surface area contributed by atoms with Crippen LogP contribution in [-0.4, -0.2) is 34.3 Å². The quantitative estimate of drug-likeness (QED) is 0.445. The van der Waals surface area contributed by atoms with Gasteiger partial charge in [0.15, 0.2) is 5.65 Å². The van der Waals surface area contributed by atoms with Gasteiger partial charge in [-0.15, -0.1) is 5.10 Å². The number of hydrogen-bond acceptors (Lipinski definition) is 5. The van der Waals surface area contributed by atoms with Crippen LogP contribution in [0.4, 0.5) is 4.39 Å². The second-order valence-electron chi connectivity index (χ2n) is 6.55. The molecular weight excluding hydrogens is 409 g/mol. The summed E-state index contributed by atoms with van der Waals surface area (Å²) in [4.78, 5) is 17.3. The van der Waals surface area contributed by atoms with E-state index in [0.29, 0.717) is 21.7 Å². The van der Waals surface area contributed by atoms with Crippen molar-refractivity contribution in [2.24, 2.45) is 0 Å². The molecule has 0 amide bonds. The summed E-state index contributed by atoms with van der Waals surface area (Å²) < 4.78 is 18.3. The van der Waals surface area contributed by atoms with E-state index >= 15 is 0 Å². The van der Waals surface area contributed by atoms with Gasteiger partial charge in [-0.2, -0.15) is 5.10 Å². The van der Waals surface area contributed by atoms with Gasteiger partial charge in [-0.05, 0) is 36.4 Å². The highest BCUT2D eigenvalue weighted by Gasteiger charge is 2.13. The van der Waals surface area contributed by atoms with Crippen LogP contribution in [0.25, 0.3) is 22.4 Å². The summed E-state index contributed by atoms with van der Waals surface area (Å²) in [5.41, 5.74) is 1.69. The maximum Gasteiger partial charge on any atom is 0.264 e. The molecule has 0 aliphatic carbocycles. The molecule has 0 atom stereocenters. The van der Waals surface area contributed by atoms with E-state index in [4.69, 9.17) is 11.6 Å². The first-order valence-electron chi connectivity index (χ1n) is 8.95. The van der Waals surface area contributed by atoms with Crippen molar-refractivity contribution >= 4 is 22.6 Å². The second-order valence-corrected chi connectivity index (χ2v) is 6.99. The highest BCUT2D eigenvalue weighted by molar-refractivity contribution is 6.30. The number of hydrogen-bond donors (Lipinski definition) is 0. The Labute approximate surface area is 173 Å². The van der Waals surface area contributed by atoms with Crippen LogP contribution in [0, 0.1) is 5.82 Å². The van der Waals surface area contributed by atoms with E-state index < -0.39 is 5.82 Å². The topological polar surface area (TPSA) is 83.4 Å². The Morgan fingerprint density at radius 2 is 1.87 bits per heavy atom. The molecule has 148 valence electrons. The molecule has 3 heterocycles. The predicted molar refractivity (Wildman–Crippen MR) is 109 cm³/mol. The van der Waals surface area contributed by atoms with Crippen LogP contribution in [0.2, 0.25) is 5.02 Å². The zero-order chi connectivity index (χ0) is 20.7. The van der Waals surface area contributed by atoms with Gasteiger partial charge in [-0.3, -0.25) is 9.36 Å². The minimum Gasteiger partial charge on any atom is -0.292 e. The number of halogens is 2. The zero-order valence-corrected chi connectivity index (χ0v) is 16.1. The molecule has 30 heavy (non-hydrogen) atoms. The molecule has 0 saturated heterocycles. The molecule has 5 aromatic rings. The van der Waals surface area contributed by atoms with Crippen LogP contribution >= 0.6 is 11.6 Å². The molecule has 0 aliphatic rings. The van der Waals surface area contributed by atoms with Crippen molar-refractivity contribution in [3.63, 3.8) is 0 Å². The van der Waals surface area contributed by atoms with E-state index in [1.807, 2.05) is 0 Å². The number of benzene rings is 2. The fourth-order valence-electron chi connectivity index (χ4n) is 3.13.